The number of aromatic amines is 1. The first kappa shape index (κ1) is 10.8. The molecular weight excluding hydrogens is 227 g/mol. The highest BCUT2D eigenvalue weighted by Gasteiger charge is 2.08. The van der Waals surface area contributed by atoms with Gasteiger partial charge in [-0.2, -0.15) is 0 Å². The van der Waals surface area contributed by atoms with Crippen molar-refractivity contribution >= 4 is 16.8 Å². The lowest BCUT2D eigenvalue weighted by atomic mass is 10.2. The number of halogens is 1. The lowest BCUT2D eigenvalue weighted by Crippen LogP contribution is -2.08. The molecule has 0 atom stereocenters. The van der Waals surface area contributed by atoms with Crippen molar-refractivity contribution in [1.82, 2.24) is 4.98 Å². The molecule has 0 saturated carbocycles. The summed E-state index contributed by atoms with van der Waals surface area (Å²) in [5.74, 6) is -1.44. The van der Waals surface area contributed by atoms with E-state index in [0.717, 1.165) is 18.2 Å². The SMILES string of the molecule is [N-]=[N+]=NC(=O)c1cc(=O)c2cc(F)ccc2[nH]1. The number of aromatic nitrogens is 1. The molecular formula is C10H5FN4O2. The van der Waals surface area contributed by atoms with Crippen LogP contribution in [0.3, 0.4) is 0 Å². The van der Waals surface area contributed by atoms with E-state index < -0.39 is 17.2 Å². The van der Waals surface area contributed by atoms with Crippen molar-refractivity contribution in [1.29, 1.82) is 0 Å². The van der Waals surface area contributed by atoms with E-state index >= 15 is 0 Å². The first-order chi connectivity index (χ1) is 8.11. The molecule has 1 aromatic carbocycles. The van der Waals surface area contributed by atoms with Gasteiger partial charge in [0.15, 0.2) is 5.43 Å². The molecule has 1 heterocycles. The van der Waals surface area contributed by atoms with Gasteiger partial charge in [0, 0.05) is 21.9 Å². The van der Waals surface area contributed by atoms with Gasteiger partial charge in [-0.15, -0.1) is 0 Å². The molecule has 6 nitrogen and oxygen atoms in total. The van der Waals surface area contributed by atoms with Crippen molar-refractivity contribution in [3.63, 3.8) is 0 Å². The molecule has 17 heavy (non-hydrogen) atoms. The molecule has 0 fully saturated rings. The van der Waals surface area contributed by atoms with Gasteiger partial charge in [0.2, 0.25) is 0 Å². The summed E-state index contributed by atoms with van der Waals surface area (Å²) in [7, 11) is 0. The molecule has 0 saturated heterocycles. The summed E-state index contributed by atoms with van der Waals surface area (Å²) in [6.07, 6.45) is 0. The minimum atomic E-state index is -0.893. The fourth-order valence-electron chi connectivity index (χ4n) is 1.43. The first-order valence-electron chi connectivity index (χ1n) is 4.54. The fraction of sp³-hybridized carbons (Fsp3) is 0. The molecule has 7 heteroatoms. The summed E-state index contributed by atoms with van der Waals surface area (Å²) in [5.41, 5.74) is 7.76. The van der Waals surface area contributed by atoms with Crippen LogP contribution in [0.4, 0.5) is 4.39 Å². The molecule has 2 rings (SSSR count). The topological polar surface area (TPSA) is 98.7 Å². The van der Waals surface area contributed by atoms with E-state index in [1.165, 1.54) is 6.07 Å². The minimum Gasteiger partial charge on any atom is -0.352 e. The molecule has 1 N–H and O–H groups in total. The van der Waals surface area contributed by atoms with Crippen molar-refractivity contribution in [2.24, 2.45) is 5.11 Å². The Bertz CT molecular complexity index is 716. The molecule has 0 spiro atoms. The average molecular weight is 232 g/mol. The largest absolute Gasteiger partial charge is 0.352 e. The molecule has 1 amide bonds. The van der Waals surface area contributed by atoms with Crippen LogP contribution in [0.25, 0.3) is 21.3 Å². The maximum absolute atomic E-state index is 12.9. The number of nitrogens with one attached hydrogen (secondary N) is 1. The molecule has 0 bridgehead atoms. The number of rotatable bonds is 1. The van der Waals surface area contributed by atoms with E-state index in [1.807, 2.05) is 0 Å². The molecule has 0 aliphatic heterocycles. The second-order valence-corrected chi connectivity index (χ2v) is 3.23. The number of azide groups is 1. The van der Waals surface area contributed by atoms with E-state index in [9.17, 15) is 14.0 Å². The molecule has 84 valence electrons. The number of hydrogen-bond donors (Lipinski definition) is 1. The Kier molecular flexibility index (Phi) is 2.60. The van der Waals surface area contributed by atoms with E-state index in [0.29, 0.717) is 5.52 Å². The number of hydrogen-bond acceptors (Lipinski definition) is 2. The van der Waals surface area contributed by atoms with Gasteiger partial charge in [0.25, 0.3) is 5.91 Å². The normalized spacial score (nSPS) is 9.94. The van der Waals surface area contributed by atoms with Gasteiger partial charge in [0.05, 0.1) is 5.69 Å². The number of amides is 1. The van der Waals surface area contributed by atoms with Crippen LogP contribution in [0.15, 0.2) is 34.2 Å². The van der Waals surface area contributed by atoms with Crippen LogP contribution in [0, 0.1) is 5.82 Å². The van der Waals surface area contributed by atoms with Crippen LogP contribution in [0.1, 0.15) is 10.5 Å². The summed E-state index contributed by atoms with van der Waals surface area (Å²) < 4.78 is 12.9. The number of benzene rings is 1. The van der Waals surface area contributed by atoms with Gasteiger partial charge in [-0.25, -0.2) is 4.39 Å². The van der Waals surface area contributed by atoms with Crippen molar-refractivity contribution in [3.8, 4) is 0 Å². The van der Waals surface area contributed by atoms with Crippen LogP contribution < -0.4 is 5.43 Å². The predicted octanol–water partition coefficient (Wildman–Crippen LogP) is 2.12. The monoisotopic (exact) mass is 232 g/mol. The maximum atomic E-state index is 12.9. The standard InChI is InChI=1S/C10H5FN4O2/c11-5-1-2-7-6(3-5)9(16)4-8(13-7)10(17)14-15-12/h1-4H,(H,13,16). The van der Waals surface area contributed by atoms with E-state index in [1.54, 1.807) is 0 Å². The number of fused-ring (bicyclic) bond motifs is 1. The van der Waals surface area contributed by atoms with Crippen LogP contribution in [-0.2, 0) is 0 Å². The average Bonchev–Trinajstić information content (AvgIpc) is 2.30. The number of carbonyl (C=O) groups excluding carboxylic acids is 1. The zero-order valence-corrected chi connectivity index (χ0v) is 8.35. The third kappa shape index (κ3) is 1.99. The van der Waals surface area contributed by atoms with E-state index in [2.05, 4.69) is 15.0 Å². The number of pyridine rings is 1. The van der Waals surface area contributed by atoms with Crippen LogP contribution in [0.2, 0.25) is 0 Å². The Morgan fingerprint density at radius 1 is 1.41 bits per heavy atom. The quantitative estimate of drug-likeness (QED) is 0.462. The third-order valence-electron chi connectivity index (χ3n) is 2.16. The lowest BCUT2D eigenvalue weighted by Gasteiger charge is -2.00. The Hall–Kier alpha value is -2.66. The van der Waals surface area contributed by atoms with Gasteiger partial charge in [0.1, 0.15) is 5.82 Å². The van der Waals surface area contributed by atoms with E-state index in [4.69, 9.17) is 5.53 Å². The van der Waals surface area contributed by atoms with Gasteiger partial charge in [-0.3, -0.25) is 9.59 Å². The first-order valence-corrected chi connectivity index (χ1v) is 4.54. The summed E-state index contributed by atoms with van der Waals surface area (Å²) >= 11 is 0. The summed E-state index contributed by atoms with van der Waals surface area (Å²) in [6.45, 7) is 0. The maximum Gasteiger partial charge on any atom is 0.265 e. The van der Waals surface area contributed by atoms with Crippen molar-refractivity contribution in [2.45, 2.75) is 0 Å². The smallest absolute Gasteiger partial charge is 0.265 e. The summed E-state index contributed by atoms with van der Waals surface area (Å²) in [5, 5.41) is 2.99. The Balaban J connectivity index is 2.72. The zero-order chi connectivity index (χ0) is 12.4. The van der Waals surface area contributed by atoms with Crippen LogP contribution in [0.5, 0.6) is 0 Å². The zero-order valence-electron chi connectivity index (χ0n) is 8.35. The highest BCUT2D eigenvalue weighted by molar-refractivity contribution is 5.95. The van der Waals surface area contributed by atoms with Crippen molar-refractivity contribution in [2.75, 3.05) is 0 Å². The molecule has 1 aromatic heterocycles. The second-order valence-electron chi connectivity index (χ2n) is 3.23. The highest BCUT2D eigenvalue weighted by Crippen LogP contribution is 2.10. The fourth-order valence-corrected chi connectivity index (χ4v) is 1.43. The molecule has 0 aliphatic rings. The van der Waals surface area contributed by atoms with Crippen LogP contribution in [-0.4, -0.2) is 10.9 Å². The van der Waals surface area contributed by atoms with Gasteiger partial charge >= 0.3 is 0 Å². The number of H-pyrrole nitrogens is 1. The van der Waals surface area contributed by atoms with Gasteiger partial charge in [-0.05, 0) is 28.8 Å². The molecule has 0 radical (unpaired) electrons. The molecule has 2 aromatic rings. The predicted molar refractivity (Wildman–Crippen MR) is 58.0 cm³/mol. The Morgan fingerprint density at radius 2 is 2.18 bits per heavy atom. The summed E-state index contributed by atoms with van der Waals surface area (Å²) in [6, 6.07) is 4.52. The van der Waals surface area contributed by atoms with Crippen LogP contribution >= 0.6 is 0 Å². The van der Waals surface area contributed by atoms with E-state index in [-0.39, 0.29) is 11.1 Å². The summed E-state index contributed by atoms with van der Waals surface area (Å²) in [4.78, 5) is 27.8. The highest BCUT2D eigenvalue weighted by atomic mass is 19.1. The second kappa shape index (κ2) is 4.07. The Morgan fingerprint density at radius 3 is 2.88 bits per heavy atom. The Labute approximate surface area is 93.3 Å². The third-order valence-corrected chi connectivity index (χ3v) is 2.16. The van der Waals surface area contributed by atoms with Gasteiger partial charge in [-0.1, -0.05) is 0 Å². The van der Waals surface area contributed by atoms with Crippen molar-refractivity contribution in [3.05, 3.63) is 56.4 Å². The molecule has 0 unspecified atom stereocenters. The van der Waals surface area contributed by atoms with Crippen molar-refractivity contribution < 1.29 is 9.18 Å². The number of nitrogens with zero attached hydrogens (tertiary/aromatic N) is 3. The lowest BCUT2D eigenvalue weighted by molar-refractivity contribution is 0.0996. The minimum absolute atomic E-state index is 0.127. The van der Waals surface area contributed by atoms with Gasteiger partial charge < -0.3 is 4.98 Å². The number of carbonyl (C=O) groups is 1. The molecule has 0 aliphatic carbocycles.